The van der Waals surface area contributed by atoms with Gasteiger partial charge in [0.1, 0.15) is 17.3 Å². The molecule has 2 rings (SSSR count). The van der Waals surface area contributed by atoms with E-state index in [1.54, 1.807) is 6.07 Å². The van der Waals surface area contributed by atoms with Crippen LogP contribution in [0.1, 0.15) is 5.56 Å². The van der Waals surface area contributed by atoms with Gasteiger partial charge in [0, 0.05) is 6.21 Å². The highest BCUT2D eigenvalue weighted by atomic mass is 19.1. The highest BCUT2D eigenvalue weighted by Crippen LogP contribution is 2.31. The molecule has 0 N–H and O–H groups in total. The molecule has 0 amide bonds. The molecule has 0 unspecified atom stereocenters. The molecular formula is C14H11FN2O3. The highest BCUT2D eigenvalue weighted by molar-refractivity contribution is 5.83. The number of aliphatic imine (C=N–C) groups is 1. The summed E-state index contributed by atoms with van der Waals surface area (Å²) in [5.74, 6) is 0.0370. The average Bonchev–Trinajstić information content (AvgIpc) is 2.46. The standard InChI is InChI=1S/C14H11FN2O3/c1-20-12-6-7-13(14(8-12)17(18)19)16-9-10-2-4-11(15)5-3-10/h2-9H,1H3. The van der Waals surface area contributed by atoms with Crippen molar-refractivity contribution < 1.29 is 14.1 Å². The molecule has 6 heteroatoms. The molecule has 0 atom stereocenters. The third-order valence-corrected chi connectivity index (χ3v) is 2.60. The number of benzene rings is 2. The molecule has 2 aromatic rings. The lowest BCUT2D eigenvalue weighted by Crippen LogP contribution is -1.91. The van der Waals surface area contributed by atoms with Crippen molar-refractivity contribution in [2.24, 2.45) is 4.99 Å². The molecule has 5 nitrogen and oxygen atoms in total. The van der Waals surface area contributed by atoms with E-state index in [0.29, 0.717) is 11.3 Å². The molecule has 0 saturated heterocycles. The second-order valence-electron chi connectivity index (χ2n) is 3.92. The second-order valence-corrected chi connectivity index (χ2v) is 3.92. The van der Waals surface area contributed by atoms with Gasteiger partial charge in [0.25, 0.3) is 5.69 Å². The van der Waals surface area contributed by atoms with Crippen LogP contribution in [0.2, 0.25) is 0 Å². The quantitative estimate of drug-likeness (QED) is 0.487. The Hall–Kier alpha value is -2.76. The van der Waals surface area contributed by atoms with E-state index in [1.165, 1.54) is 49.7 Å². The number of hydrogen-bond acceptors (Lipinski definition) is 4. The van der Waals surface area contributed by atoms with E-state index >= 15 is 0 Å². The van der Waals surface area contributed by atoms with Crippen molar-refractivity contribution in [3.63, 3.8) is 0 Å². The first kappa shape index (κ1) is 13.7. The van der Waals surface area contributed by atoms with Gasteiger partial charge in [-0.05, 0) is 29.8 Å². The van der Waals surface area contributed by atoms with E-state index in [-0.39, 0.29) is 17.2 Å². The Bertz CT molecular complexity index is 654. The predicted octanol–water partition coefficient (Wildman–Crippen LogP) is 3.49. The molecule has 0 aliphatic carbocycles. The van der Waals surface area contributed by atoms with Gasteiger partial charge in [-0.1, -0.05) is 12.1 Å². The molecule has 0 aliphatic heterocycles. The fourth-order valence-corrected chi connectivity index (χ4v) is 1.58. The van der Waals surface area contributed by atoms with Crippen LogP contribution < -0.4 is 4.74 Å². The lowest BCUT2D eigenvalue weighted by Gasteiger charge is -2.01. The number of ether oxygens (including phenoxy) is 1. The number of nitro groups is 1. The molecule has 0 radical (unpaired) electrons. The first-order chi connectivity index (χ1) is 9.60. The van der Waals surface area contributed by atoms with Crippen LogP contribution in [0.25, 0.3) is 0 Å². The maximum Gasteiger partial charge on any atom is 0.298 e. The van der Waals surface area contributed by atoms with Gasteiger partial charge in [0.2, 0.25) is 0 Å². The lowest BCUT2D eigenvalue weighted by atomic mass is 10.2. The Morgan fingerprint density at radius 3 is 2.55 bits per heavy atom. The Morgan fingerprint density at radius 2 is 1.95 bits per heavy atom. The third kappa shape index (κ3) is 3.17. The number of methoxy groups -OCH3 is 1. The number of nitrogens with zero attached hydrogens (tertiary/aromatic N) is 2. The van der Waals surface area contributed by atoms with Crippen LogP contribution in [0.15, 0.2) is 47.5 Å². The van der Waals surface area contributed by atoms with E-state index in [0.717, 1.165) is 0 Å². The molecule has 0 fully saturated rings. The molecule has 0 aromatic heterocycles. The summed E-state index contributed by atoms with van der Waals surface area (Å²) < 4.78 is 17.7. The molecule has 20 heavy (non-hydrogen) atoms. The molecule has 0 aliphatic rings. The van der Waals surface area contributed by atoms with Gasteiger partial charge < -0.3 is 4.74 Å². The van der Waals surface area contributed by atoms with Gasteiger partial charge >= 0.3 is 0 Å². The molecule has 102 valence electrons. The van der Waals surface area contributed by atoms with Gasteiger partial charge in [-0.25, -0.2) is 9.38 Å². The van der Waals surface area contributed by atoms with Crippen molar-refractivity contribution in [1.29, 1.82) is 0 Å². The Balaban J connectivity index is 2.33. The lowest BCUT2D eigenvalue weighted by molar-refractivity contribution is -0.384. The average molecular weight is 274 g/mol. The summed E-state index contributed by atoms with van der Waals surface area (Å²) in [6.45, 7) is 0. The van der Waals surface area contributed by atoms with Crippen LogP contribution in [0.4, 0.5) is 15.8 Å². The van der Waals surface area contributed by atoms with E-state index in [4.69, 9.17) is 4.74 Å². The van der Waals surface area contributed by atoms with Gasteiger partial charge in [-0.15, -0.1) is 0 Å². The summed E-state index contributed by atoms with van der Waals surface area (Å²) in [7, 11) is 1.43. The molecule has 0 heterocycles. The number of rotatable bonds is 4. The van der Waals surface area contributed by atoms with Crippen LogP contribution in [0, 0.1) is 15.9 Å². The normalized spacial score (nSPS) is 10.7. The molecule has 0 saturated carbocycles. The summed E-state index contributed by atoms with van der Waals surface area (Å²) in [5.41, 5.74) is 0.708. The highest BCUT2D eigenvalue weighted by Gasteiger charge is 2.14. The zero-order chi connectivity index (χ0) is 14.5. The Labute approximate surface area is 114 Å². The minimum atomic E-state index is -0.528. The summed E-state index contributed by atoms with van der Waals surface area (Å²) in [5, 5.41) is 11.0. The van der Waals surface area contributed by atoms with Crippen LogP contribution >= 0.6 is 0 Å². The van der Waals surface area contributed by atoms with Crippen LogP contribution in [-0.2, 0) is 0 Å². The van der Waals surface area contributed by atoms with Gasteiger partial charge in [-0.3, -0.25) is 10.1 Å². The zero-order valence-corrected chi connectivity index (χ0v) is 10.6. The minimum absolute atomic E-state index is 0.150. The number of halogens is 1. The first-order valence-electron chi connectivity index (χ1n) is 5.72. The maximum absolute atomic E-state index is 12.8. The van der Waals surface area contributed by atoms with Crippen LogP contribution in [-0.4, -0.2) is 18.2 Å². The number of nitro benzene ring substituents is 1. The largest absolute Gasteiger partial charge is 0.496 e. The van der Waals surface area contributed by atoms with Crippen molar-refractivity contribution in [2.45, 2.75) is 0 Å². The van der Waals surface area contributed by atoms with Gasteiger partial charge in [0.15, 0.2) is 0 Å². The second kappa shape index (κ2) is 5.92. The maximum atomic E-state index is 12.8. The fraction of sp³-hybridized carbons (Fsp3) is 0.0714. The Kier molecular flexibility index (Phi) is 4.05. The van der Waals surface area contributed by atoms with E-state index in [1.807, 2.05) is 0 Å². The van der Waals surface area contributed by atoms with E-state index in [9.17, 15) is 14.5 Å². The van der Waals surface area contributed by atoms with Gasteiger partial charge in [0.05, 0.1) is 18.1 Å². The van der Waals surface area contributed by atoms with Crippen LogP contribution in [0.3, 0.4) is 0 Å². The topological polar surface area (TPSA) is 64.7 Å². The monoisotopic (exact) mass is 274 g/mol. The summed E-state index contributed by atoms with van der Waals surface area (Å²) in [6.07, 6.45) is 1.44. The molecule has 0 bridgehead atoms. The molecular weight excluding hydrogens is 263 g/mol. The first-order valence-corrected chi connectivity index (χ1v) is 5.72. The van der Waals surface area contributed by atoms with Crippen molar-refractivity contribution in [3.05, 3.63) is 64.0 Å². The van der Waals surface area contributed by atoms with Crippen molar-refractivity contribution in [1.82, 2.24) is 0 Å². The van der Waals surface area contributed by atoms with E-state index in [2.05, 4.69) is 4.99 Å². The summed E-state index contributed by atoms with van der Waals surface area (Å²) in [4.78, 5) is 14.5. The Morgan fingerprint density at radius 1 is 1.25 bits per heavy atom. The van der Waals surface area contributed by atoms with Gasteiger partial charge in [-0.2, -0.15) is 0 Å². The predicted molar refractivity (Wildman–Crippen MR) is 73.3 cm³/mol. The third-order valence-electron chi connectivity index (χ3n) is 2.60. The van der Waals surface area contributed by atoms with Crippen molar-refractivity contribution in [2.75, 3.05) is 7.11 Å². The fourth-order valence-electron chi connectivity index (χ4n) is 1.58. The van der Waals surface area contributed by atoms with Crippen molar-refractivity contribution >= 4 is 17.6 Å². The zero-order valence-electron chi connectivity index (χ0n) is 10.6. The summed E-state index contributed by atoms with van der Waals surface area (Å²) in [6, 6.07) is 10.1. The number of hydrogen-bond donors (Lipinski definition) is 0. The molecule has 2 aromatic carbocycles. The SMILES string of the molecule is COc1ccc(N=Cc2ccc(F)cc2)c([N+](=O)[O-])c1. The van der Waals surface area contributed by atoms with E-state index < -0.39 is 4.92 Å². The summed E-state index contributed by atoms with van der Waals surface area (Å²) >= 11 is 0. The smallest absolute Gasteiger partial charge is 0.298 e. The van der Waals surface area contributed by atoms with Crippen LogP contribution in [0.5, 0.6) is 5.75 Å². The molecule has 0 spiro atoms. The minimum Gasteiger partial charge on any atom is -0.496 e. The van der Waals surface area contributed by atoms with Crippen molar-refractivity contribution in [3.8, 4) is 5.75 Å².